The average molecular weight is 226 g/mol. The molecule has 1 aromatic rings. The van der Waals surface area contributed by atoms with Crippen LogP contribution in [0.3, 0.4) is 0 Å². The van der Waals surface area contributed by atoms with Crippen molar-refractivity contribution in [2.75, 3.05) is 0 Å². The molecular formula is C12H22N2S. The van der Waals surface area contributed by atoms with Gasteiger partial charge in [0.05, 0.1) is 0 Å². The summed E-state index contributed by atoms with van der Waals surface area (Å²) in [5, 5.41) is 3.11. The maximum Gasteiger partial charge on any atom is 0.122 e. The quantitative estimate of drug-likeness (QED) is 0.653. The highest BCUT2D eigenvalue weighted by molar-refractivity contribution is 7.71. The van der Waals surface area contributed by atoms with Crippen LogP contribution in [-0.2, 0) is 6.42 Å². The van der Waals surface area contributed by atoms with E-state index in [1.807, 2.05) is 38.6 Å². The molecule has 1 aromatic heterocycles. The summed E-state index contributed by atoms with van der Waals surface area (Å²) in [5.41, 5.74) is 2.56. The molecule has 2 rings (SSSR count). The molecule has 3 heteroatoms. The van der Waals surface area contributed by atoms with Crippen molar-refractivity contribution in [2.24, 2.45) is 0 Å². The minimum absolute atomic E-state index is 0.867. The smallest absolute Gasteiger partial charge is 0.122 e. The van der Waals surface area contributed by atoms with Crippen molar-refractivity contribution >= 4 is 18.4 Å². The number of aromatic nitrogens is 2. The molecule has 0 aliphatic carbocycles. The summed E-state index contributed by atoms with van der Waals surface area (Å²) < 4.78 is 2.88. The van der Waals surface area contributed by atoms with Crippen molar-refractivity contribution in [1.82, 2.24) is 9.78 Å². The number of aromatic amines is 1. The monoisotopic (exact) mass is 226 g/mol. The Bertz CT molecular complexity index is 358. The molecule has 0 aromatic carbocycles. The van der Waals surface area contributed by atoms with E-state index >= 15 is 0 Å². The van der Waals surface area contributed by atoms with E-state index in [1.54, 1.807) is 0 Å². The molecule has 0 amide bonds. The van der Waals surface area contributed by atoms with Crippen LogP contribution >= 0.6 is 12.2 Å². The van der Waals surface area contributed by atoms with Crippen LogP contribution in [0.15, 0.2) is 6.08 Å². The fraction of sp³-hybridized carbons (Fsp3) is 0.583. The number of hydrogen-bond donors (Lipinski definition) is 1. The first kappa shape index (κ1) is 14.2. The van der Waals surface area contributed by atoms with E-state index in [0.717, 1.165) is 17.5 Å². The maximum atomic E-state index is 5.11. The Kier molecular flexibility index (Phi) is 7.05. The molecule has 0 radical (unpaired) electrons. The second-order valence-corrected chi connectivity index (χ2v) is 3.21. The van der Waals surface area contributed by atoms with E-state index in [2.05, 4.69) is 18.1 Å². The highest BCUT2D eigenvalue weighted by Crippen LogP contribution is 2.16. The Morgan fingerprint density at radius 3 is 2.40 bits per heavy atom. The third-order valence-corrected chi connectivity index (χ3v) is 2.49. The van der Waals surface area contributed by atoms with Crippen LogP contribution in [-0.4, -0.2) is 9.78 Å². The Hall–Kier alpha value is -0.830. The van der Waals surface area contributed by atoms with Crippen molar-refractivity contribution in [3.63, 3.8) is 0 Å². The van der Waals surface area contributed by atoms with Crippen LogP contribution in [0, 0.1) is 11.6 Å². The fourth-order valence-corrected chi connectivity index (χ4v) is 1.62. The van der Waals surface area contributed by atoms with Gasteiger partial charge < -0.3 is 0 Å². The van der Waals surface area contributed by atoms with Gasteiger partial charge in [-0.05, 0) is 19.8 Å². The predicted octanol–water partition coefficient (Wildman–Crippen LogP) is 4.32. The summed E-state index contributed by atoms with van der Waals surface area (Å²) in [5.74, 6) is 0. The Labute approximate surface area is 98.0 Å². The van der Waals surface area contributed by atoms with Gasteiger partial charge in [-0.15, -0.1) is 0 Å². The van der Waals surface area contributed by atoms with Crippen molar-refractivity contribution in [3.05, 3.63) is 22.0 Å². The molecule has 0 fully saturated rings. The van der Waals surface area contributed by atoms with Gasteiger partial charge in [-0.25, -0.2) is 0 Å². The summed E-state index contributed by atoms with van der Waals surface area (Å²) in [6, 6.07) is 0. The van der Waals surface area contributed by atoms with E-state index in [4.69, 9.17) is 12.2 Å². The zero-order valence-electron chi connectivity index (χ0n) is 10.4. The highest BCUT2D eigenvalue weighted by atomic mass is 32.1. The van der Waals surface area contributed by atoms with Crippen LogP contribution < -0.4 is 0 Å². The lowest BCUT2D eigenvalue weighted by molar-refractivity contribution is 0.794. The molecule has 0 saturated carbocycles. The average Bonchev–Trinajstić information content (AvgIpc) is 2.61. The molecule has 1 aliphatic heterocycles. The van der Waals surface area contributed by atoms with Gasteiger partial charge in [-0.1, -0.05) is 46.0 Å². The molecule has 0 bridgehead atoms. The standard InChI is InChI=1S/C8H10N2S.2C2H6/c1-6-7-4-2-3-5-10(7)9-8(6)11;2*1-2/h3,5H,2,4H2,1H3,(H,9,11);2*1-2H3. The van der Waals surface area contributed by atoms with E-state index in [0.29, 0.717) is 0 Å². The second-order valence-electron chi connectivity index (χ2n) is 2.81. The molecule has 0 saturated heterocycles. The van der Waals surface area contributed by atoms with Crippen LogP contribution in [0.2, 0.25) is 0 Å². The molecule has 1 aliphatic rings. The SMILES string of the molecule is CC.CC.Cc1c2n([nH]c1=S)C=CCC2. The molecule has 0 unspecified atom stereocenters. The molecular weight excluding hydrogens is 204 g/mol. The first-order chi connectivity index (χ1) is 7.29. The molecule has 0 atom stereocenters. The summed E-state index contributed by atoms with van der Waals surface area (Å²) in [7, 11) is 0. The van der Waals surface area contributed by atoms with Gasteiger partial charge in [-0.3, -0.25) is 9.78 Å². The number of rotatable bonds is 0. The van der Waals surface area contributed by atoms with Gasteiger partial charge >= 0.3 is 0 Å². The van der Waals surface area contributed by atoms with E-state index in [-0.39, 0.29) is 0 Å². The number of nitrogens with one attached hydrogen (secondary N) is 1. The normalized spacial score (nSPS) is 11.8. The maximum absolute atomic E-state index is 5.11. The van der Waals surface area contributed by atoms with Crippen molar-refractivity contribution in [2.45, 2.75) is 47.5 Å². The molecule has 2 nitrogen and oxygen atoms in total. The van der Waals surface area contributed by atoms with E-state index in [1.165, 1.54) is 11.3 Å². The molecule has 86 valence electrons. The minimum Gasteiger partial charge on any atom is -0.284 e. The van der Waals surface area contributed by atoms with Crippen LogP contribution in [0.5, 0.6) is 0 Å². The molecule has 15 heavy (non-hydrogen) atoms. The molecule has 2 heterocycles. The molecule has 0 spiro atoms. The first-order valence-corrected chi connectivity index (χ1v) is 6.16. The largest absolute Gasteiger partial charge is 0.284 e. The minimum atomic E-state index is 0.867. The number of allylic oxidation sites excluding steroid dienone is 1. The van der Waals surface area contributed by atoms with Crippen LogP contribution in [0.1, 0.15) is 45.4 Å². The van der Waals surface area contributed by atoms with E-state index in [9.17, 15) is 0 Å². The lowest BCUT2D eigenvalue weighted by Crippen LogP contribution is -2.01. The topological polar surface area (TPSA) is 20.7 Å². The van der Waals surface area contributed by atoms with Gasteiger partial charge in [0.1, 0.15) is 4.64 Å². The number of nitrogens with zero attached hydrogens (tertiary/aromatic N) is 1. The lowest BCUT2D eigenvalue weighted by Gasteiger charge is -2.07. The summed E-state index contributed by atoms with van der Waals surface area (Å²) in [6.45, 7) is 10.1. The number of fused-ring (bicyclic) bond motifs is 1. The predicted molar refractivity (Wildman–Crippen MR) is 70.7 cm³/mol. The third kappa shape index (κ3) is 3.34. The van der Waals surface area contributed by atoms with Gasteiger partial charge in [-0.2, -0.15) is 0 Å². The molecule has 1 N–H and O–H groups in total. The third-order valence-electron chi connectivity index (χ3n) is 2.09. The zero-order valence-corrected chi connectivity index (χ0v) is 11.2. The summed E-state index contributed by atoms with van der Waals surface area (Å²) >= 11 is 5.11. The Balaban J connectivity index is 0.000000442. The van der Waals surface area contributed by atoms with Gasteiger partial charge in [0.2, 0.25) is 0 Å². The van der Waals surface area contributed by atoms with Gasteiger partial charge in [0, 0.05) is 17.5 Å². The van der Waals surface area contributed by atoms with Crippen LogP contribution in [0.25, 0.3) is 6.20 Å². The summed E-state index contributed by atoms with van der Waals surface area (Å²) in [4.78, 5) is 0. The van der Waals surface area contributed by atoms with Crippen molar-refractivity contribution in [1.29, 1.82) is 0 Å². The summed E-state index contributed by atoms with van der Waals surface area (Å²) in [6.07, 6.45) is 6.43. The zero-order chi connectivity index (χ0) is 11.8. The fourth-order valence-electron chi connectivity index (χ4n) is 1.41. The lowest BCUT2D eigenvalue weighted by atomic mass is 10.1. The van der Waals surface area contributed by atoms with Gasteiger partial charge in [0.25, 0.3) is 0 Å². The first-order valence-electron chi connectivity index (χ1n) is 5.75. The Morgan fingerprint density at radius 2 is 1.87 bits per heavy atom. The van der Waals surface area contributed by atoms with E-state index < -0.39 is 0 Å². The number of hydrogen-bond acceptors (Lipinski definition) is 1. The Morgan fingerprint density at radius 1 is 1.27 bits per heavy atom. The second kappa shape index (κ2) is 7.46. The van der Waals surface area contributed by atoms with Crippen LogP contribution in [0.4, 0.5) is 0 Å². The van der Waals surface area contributed by atoms with Gasteiger partial charge in [0.15, 0.2) is 0 Å². The number of H-pyrrole nitrogens is 1. The highest BCUT2D eigenvalue weighted by Gasteiger charge is 2.08. The van der Waals surface area contributed by atoms with Crippen molar-refractivity contribution in [3.8, 4) is 0 Å². The van der Waals surface area contributed by atoms with Crippen molar-refractivity contribution < 1.29 is 0 Å².